The number of methoxy groups -OCH3 is 1. The lowest BCUT2D eigenvalue weighted by Crippen LogP contribution is -2.21. The second-order valence-electron chi connectivity index (χ2n) is 6.44. The molecule has 8 nitrogen and oxygen atoms in total. The van der Waals surface area contributed by atoms with Gasteiger partial charge in [0.1, 0.15) is 12.4 Å². The van der Waals surface area contributed by atoms with Crippen LogP contribution >= 0.6 is 0 Å². The van der Waals surface area contributed by atoms with Crippen LogP contribution in [-0.2, 0) is 9.53 Å². The van der Waals surface area contributed by atoms with Gasteiger partial charge in [-0.25, -0.2) is 4.98 Å². The fourth-order valence-electron chi connectivity index (χ4n) is 2.84. The van der Waals surface area contributed by atoms with Crippen molar-refractivity contribution in [1.82, 2.24) is 19.7 Å². The first-order valence-corrected chi connectivity index (χ1v) is 8.70. The third-order valence-corrected chi connectivity index (χ3v) is 4.27. The molecule has 4 rings (SSSR count). The molecule has 1 fully saturated rings. The third kappa shape index (κ3) is 3.80. The summed E-state index contributed by atoms with van der Waals surface area (Å²) in [4.78, 5) is 31.4. The van der Waals surface area contributed by atoms with E-state index < -0.39 is 0 Å². The van der Waals surface area contributed by atoms with E-state index in [1.807, 2.05) is 36.4 Å². The van der Waals surface area contributed by atoms with Crippen molar-refractivity contribution in [2.24, 2.45) is 0 Å². The van der Waals surface area contributed by atoms with Gasteiger partial charge in [-0.2, -0.15) is 9.78 Å². The average Bonchev–Trinajstić information content (AvgIpc) is 3.43. The monoisotopic (exact) mass is 365 g/mol. The Morgan fingerprint density at radius 1 is 1.30 bits per heavy atom. The molecule has 0 unspecified atom stereocenters. The largest absolute Gasteiger partial charge is 0.375 e. The lowest BCUT2D eigenvalue weighted by molar-refractivity contribution is -0.119. The predicted octanol–water partition coefficient (Wildman–Crippen LogP) is 2.08. The SMILES string of the molecule is COCC(=O)Nc1cc(C2CC2)nn1-c1nc(-c2ccccc2)cc(=O)[nH]1. The van der Waals surface area contributed by atoms with Crippen LogP contribution in [0.5, 0.6) is 0 Å². The standard InChI is InChI=1S/C19H19N5O3/c1-27-11-18(26)21-16-9-15(13-7-8-13)23-24(16)19-20-14(10-17(25)22-19)12-5-3-2-4-6-12/h2-6,9-10,13H,7-8,11H2,1H3,(H,21,26)(H,20,22,25). The van der Waals surface area contributed by atoms with Crippen LogP contribution in [-0.4, -0.2) is 39.4 Å². The molecule has 0 bridgehead atoms. The van der Waals surface area contributed by atoms with Gasteiger partial charge in [0.2, 0.25) is 5.95 Å². The number of ether oxygens (including phenoxy) is 1. The molecule has 0 radical (unpaired) electrons. The van der Waals surface area contributed by atoms with Crippen molar-refractivity contribution in [1.29, 1.82) is 0 Å². The van der Waals surface area contributed by atoms with E-state index in [9.17, 15) is 9.59 Å². The Balaban J connectivity index is 1.77. The Kier molecular flexibility index (Phi) is 4.55. The van der Waals surface area contributed by atoms with Crippen LogP contribution in [0.25, 0.3) is 17.2 Å². The zero-order chi connectivity index (χ0) is 18.8. The number of amides is 1. The summed E-state index contributed by atoms with van der Waals surface area (Å²) in [5.74, 6) is 0.782. The van der Waals surface area contributed by atoms with E-state index in [0.717, 1.165) is 24.1 Å². The maximum absolute atomic E-state index is 12.2. The molecule has 1 amide bonds. The third-order valence-electron chi connectivity index (χ3n) is 4.27. The number of carbonyl (C=O) groups excluding carboxylic acids is 1. The van der Waals surface area contributed by atoms with E-state index in [2.05, 4.69) is 20.4 Å². The number of hydrogen-bond donors (Lipinski definition) is 2. The summed E-state index contributed by atoms with van der Waals surface area (Å²) in [6.45, 7) is -0.0715. The molecule has 0 atom stereocenters. The van der Waals surface area contributed by atoms with Crippen LogP contribution in [0.15, 0.2) is 47.3 Å². The Morgan fingerprint density at radius 3 is 2.78 bits per heavy atom. The molecule has 27 heavy (non-hydrogen) atoms. The normalized spacial score (nSPS) is 13.5. The lowest BCUT2D eigenvalue weighted by atomic mass is 10.1. The van der Waals surface area contributed by atoms with Crippen molar-refractivity contribution in [2.75, 3.05) is 19.0 Å². The van der Waals surface area contributed by atoms with Crippen LogP contribution in [0.4, 0.5) is 5.82 Å². The molecule has 1 saturated carbocycles. The van der Waals surface area contributed by atoms with Gasteiger partial charge in [-0.1, -0.05) is 30.3 Å². The van der Waals surface area contributed by atoms with Crippen LogP contribution in [0.2, 0.25) is 0 Å². The number of nitrogens with one attached hydrogen (secondary N) is 2. The van der Waals surface area contributed by atoms with Crippen LogP contribution in [0.1, 0.15) is 24.5 Å². The minimum absolute atomic E-state index is 0.0715. The van der Waals surface area contributed by atoms with E-state index >= 15 is 0 Å². The number of H-pyrrole nitrogens is 1. The molecule has 3 aromatic rings. The smallest absolute Gasteiger partial charge is 0.252 e. The van der Waals surface area contributed by atoms with Crippen molar-refractivity contribution in [3.05, 3.63) is 58.5 Å². The van der Waals surface area contributed by atoms with Gasteiger partial charge in [0.15, 0.2) is 0 Å². The Labute approximate surface area is 155 Å². The Bertz CT molecular complexity index is 1020. The van der Waals surface area contributed by atoms with Gasteiger partial charge in [-0.3, -0.25) is 14.6 Å². The molecular formula is C19H19N5O3. The molecule has 1 aromatic carbocycles. The zero-order valence-electron chi connectivity index (χ0n) is 14.8. The molecule has 8 heteroatoms. The second kappa shape index (κ2) is 7.16. The van der Waals surface area contributed by atoms with Crippen molar-refractivity contribution >= 4 is 11.7 Å². The van der Waals surface area contributed by atoms with Crippen molar-refractivity contribution in [2.45, 2.75) is 18.8 Å². The number of hydrogen-bond acceptors (Lipinski definition) is 5. The molecule has 1 aliphatic rings. The minimum Gasteiger partial charge on any atom is -0.375 e. The molecule has 138 valence electrons. The van der Waals surface area contributed by atoms with Crippen molar-refractivity contribution < 1.29 is 9.53 Å². The number of rotatable bonds is 6. The van der Waals surface area contributed by atoms with Gasteiger partial charge in [0.25, 0.3) is 11.5 Å². The van der Waals surface area contributed by atoms with E-state index in [1.54, 1.807) is 0 Å². The minimum atomic E-state index is -0.303. The van der Waals surface area contributed by atoms with Crippen molar-refractivity contribution in [3.8, 4) is 17.2 Å². The summed E-state index contributed by atoms with van der Waals surface area (Å²) in [5, 5.41) is 7.33. The molecule has 0 saturated heterocycles. The van der Waals surface area contributed by atoms with E-state index in [-0.39, 0.29) is 24.0 Å². The maximum atomic E-state index is 12.2. The summed E-state index contributed by atoms with van der Waals surface area (Å²) in [5.41, 5.74) is 1.93. The van der Waals surface area contributed by atoms with E-state index in [0.29, 0.717) is 17.4 Å². The molecule has 0 aliphatic heterocycles. The second-order valence-corrected chi connectivity index (χ2v) is 6.44. The first kappa shape index (κ1) is 17.2. The Hall–Kier alpha value is -3.26. The van der Waals surface area contributed by atoms with Crippen LogP contribution in [0, 0.1) is 0 Å². The molecule has 2 aromatic heterocycles. The van der Waals surface area contributed by atoms with Crippen molar-refractivity contribution in [3.63, 3.8) is 0 Å². The van der Waals surface area contributed by atoms with Crippen LogP contribution in [0.3, 0.4) is 0 Å². The number of aromatic nitrogens is 4. The molecule has 0 spiro atoms. The van der Waals surface area contributed by atoms with E-state index in [1.165, 1.54) is 17.9 Å². The fourth-order valence-corrected chi connectivity index (χ4v) is 2.84. The zero-order valence-corrected chi connectivity index (χ0v) is 14.8. The fraction of sp³-hybridized carbons (Fsp3) is 0.263. The number of nitrogens with zero attached hydrogens (tertiary/aromatic N) is 3. The molecule has 2 heterocycles. The molecule has 2 N–H and O–H groups in total. The van der Waals surface area contributed by atoms with Gasteiger partial charge >= 0.3 is 0 Å². The summed E-state index contributed by atoms with van der Waals surface area (Å²) in [6.07, 6.45) is 2.13. The first-order chi connectivity index (χ1) is 13.1. The maximum Gasteiger partial charge on any atom is 0.252 e. The number of benzene rings is 1. The van der Waals surface area contributed by atoms with Gasteiger partial charge < -0.3 is 10.1 Å². The number of aromatic amines is 1. The lowest BCUT2D eigenvalue weighted by Gasteiger charge is -2.09. The quantitative estimate of drug-likeness (QED) is 0.696. The summed E-state index contributed by atoms with van der Waals surface area (Å²) < 4.78 is 6.34. The van der Waals surface area contributed by atoms with E-state index in [4.69, 9.17) is 4.74 Å². The van der Waals surface area contributed by atoms with Gasteiger partial charge in [0.05, 0.1) is 11.4 Å². The highest BCUT2D eigenvalue weighted by atomic mass is 16.5. The summed E-state index contributed by atoms with van der Waals surface area (Å²) in [7, 11) is 1.45. The molecular weight excluding hydrogens is 346 g/mol. The summed E-state index contributed by atoms with van der Waals surface area (Å²) >= 11 is 0. The predicted molar refractivity (Wildman–Crippen MR) is 99.9 cm³/mol. The summed E-state index contributed by atoms with van der Waals surface area (Å²) in [6, 6.07) is 12.7. The number of anilines is 1. The Morgan fingerprint density at radius 2 is 2.07 bits per heavy atom. The van der Waals surface area contributed by atoms with Gasteiger partial charge in [-0.15, -0.1) is 0 Å². The van der Waals surface area contributed by atoms with Gasteiger partial charge in [-0.05, 0) is 12.8 Å². The molecule has 1 aliphatic carbocycles. The highest BCUT2D eigenvalue weighted by molar-refractivity contribution is 5.91. The topological polar surface area (TPSA) is 102 Å². The first-order valence-electron chi connectivity index (χ1n) is 8.70. The van der Waals surface area contributed by atoms with Crippen LogP contribution < -0.4 is 10.9 Å². The number of carbonyl (C=O) groups is 1. The average molecular weight is 365 g/mol. The van der Waals surface area contributed by atoms with Gasteiger partial charge in [0, 0.05) is 30.7 Å². The highest BCUT2D eigenvalue weighted by Crippen LogP contribution is 2.40. The highest BCUT2D eigenvalue weighted by Gasteiger charge is 2.28.